The lowest BCUT2D eigenvalue weighted by Crippen LogP contribution is -2.28. The molecule has 0 saturated heterocycles. The summed E-state index contributed by atoms with van der Waals surface area (Å²) < 4.78 is 5.13. The van der Waals surface area contributed by atoms with E-state index in [9.17, 15) is 5.11 Å². The second-order valence-electron chi connectivity index (χ2n) is 5.29. The number of methoxy groups -OCH3 is 1. The van der Waals surface area contributed by atoms with Gasteiger partial charge in [0.15, 0.2) is 22.3 Å². The van der Waals surface area contributed by atoms with Crippen molar-refractivity contribution in [1.82, 2.24) is 20.3 Å². The summed E-state index contributed by atoms with van der Waals surface area (Å²) in [6.07, 6.45) is 1.61. The summed E-state index contributed by atoms with van der Waals surface area (Å²) in [7, 11) is 1.45. The van der Waals surface area contributed by atoms with Gasteiger partial charge in [-0.2, -0.15) is 0 Å². The molecule has 3 rings (SSSR count). The van der Waals surface area contributed by atoms with Crippen LogP contribution in [0.2, 0.25) is 5.02 Å². The molecule has 26 heavy (non-hydrogen) atoms. The molecule has 0 saturated carbocycles. The highest BCUT2D eigenvalue weighted by Crippen LogP contribution is 2.37. The van der Waals surface area contributed by atoms with Crippen molar-refractivity contribution in [3.05, 3.63) is 35.5 Å². The van der Waals surface area contributed by atoms with Crippen LogP contribution < -0.4 is 15.4 Å². The lowest BCUT2D eigenvalue weighted by Gasteiger charge is -2.10. The van der Waals surface area contributed by atoms with Crippen LogP contribution in [0.4, 0.5) is 5.82 Å². The Bertz CT molecular complexity index is 983. The minimum atomic E-state index is -0.117. The molecular formula is C17H16ClN5O2S. The SMILES string of the molecule is CCNC(=S)Nc1ccc2ncc(-c3cc(Cl)c(O)c(OC)c3)nc2n1. The lowest BCUT2D eigenvalue weighted by atomic mass is 10.1. The summed E-state index contributed by atoms with van der Waals surface area (Å²) in [4.78, 5) is 13.3. The van der Waals surface area contributed by atoms with Gasteiger partial charge < -0.3 is 20.5 Å². The summed E-state index contributed by atoms with van der Waals surface area (Å²) >= 11 is 11.2. The third kappa shape index (κ3) is 3.76. The summed E-state index contributed by atoms with van der Waals surface area (Å²) in [5, 5.41) is 16.5. The van der Waals surface area contributed by atoms with Crippen molar-refractivity contribution in [2.45, 2.75) is 6.92 Å². The van der Waals surface area contributed by atoms with Gasteiger partial charge in [-0.25, -0.2) is 9.97 Å². The molecule has 0 aliphatic carbocycles. The highest BCUT2D eigenvalue weighted by atomic mass is 35.5. The van der Waals surface area contributed by atoms with E-state index in [4.69, 9.17) is 28.6 Å². The smallest absolute Gasteiger partial charge is 0.180 e. The van der Waals surface area contributed by atoms with Crippen LogP contribution in [0.3, 0.4) is 0 Å². The molecule has 0 aliphatic heterocycles. The van der Waals surface area contributed by atoms with Gasteiger partial charge in [-0.1, -0.05) is 11.6 Å². The topological polar surface area (TPSA) is 92.2 Å². The van der Waals surface area contributed by atoms with Crippen molar-refractivity contribution in [3.8, 4) is 22.8 Å². The van der Waals surface area contributed by atoms with Crippen LogP contribution in [0.15, 0.2) is 30.5 Å². The molecule has 134 valence electrons. The number of phenols is 1. The van der Waals surface area contributed by atoms with Gasteiger partial charge in [0.1, 0.15) is 11.3 Å². The molecule has 0 atom stereocenters. The Balaban J connectivity index is 2.00. The molecule has 9 heteroatoms. The van der Waals surface area contributed by atoms with E-state index in [1.807, 2.05) is 6.92 Å². The molecule has 3 N–H and O–H groups in total. The average Bonchev–Trinajstić information content (AvgIpc) is 2.63. The van der Waals surface area contributed by atoms with Gasteiger partial charge in [-0.15, -0.1) is 0 Å². The number of thiocarbonyl (C=S) groups is 1. The van der Waals surface area contributed by atoms with Gasteiger partial charge in [0.05, 0.1) is 24.0 Å². The highest BCUT2D eigenvalue weighted by molar-refractivity contribution is 7.80. The van der Waals surface area contributed by atoms with E-state index >= 15 is 0 Å². The van der Waals surface area contributed by atoms with E-state index in [0.29, 0.717) is 39.9 Å². The number of phenolic OH excluding ortho intramolecular Hbond substituents is 1. The third-order valence-corrected chi connectivity index (χ3v) is 4.06. The molecule has 1 aromatic carbocycles. The fourth-order valence-corrected chi connectivity index (χ4v) is 2.76. The molecule has 0 radical (unpaired) electrons. The van der Waals surface area contributed by atoms with E-state index in [0.717, 1.165) is 0 Å². The lowest BCUT2D eigenvalue weighted by molar-refractivity contribution is 0.374. The molecule has 3 aromatic rings. The summed E-state index contributed by atoms with van der Waals surface area (Å²) in [6, 6.07) is 6.82. The van der Waals surface area contributed by atoms with Gasteiger partial charge in [-0.05, 0) is 43.4 Å². The van der Waals surface area contributed by atoms with Crippen LogP contribution in [-0.2, 0) is 0 Å². The number of rotatable bonds is 4. The van der Waals surface area contributed by atoms with Crippen molar-refractivity contribution < 1.29 is 9.84 Å². The zero-order valence-electron chi connectivity index (χ0n) is 14.1. The van der Waals surface area contributed by atoms with Crippen molar-refractivity contribution in [1.29, 1.82) is 0 Å². The largest absolute Gasteiger partial charge is 0.503 e. The van der Waals surface area contributed by atoms with E-state index in [1.165, 1.54) is 7.11 Å². The number of anilines is 1. The number of nitrogens with zero attached hydrogens (tertiary/aromatic N) is 3. The van der Waals surface area contributed by atoms with Crippen LogP contribution >= 0.6 is 23.8 Å². The Morgan fingerprint density at radius 2 is 2.12 bits per heavy atom. The Labute approximate surface area is 160 Å². The highest BCUT2D eigenvalue weighted by Gasteiger charge is 2.12. The van der Waals surface area contributed by atoms with Crippen LogP contribution in [0.25, 0.3) is 22.4 Å². The molecule has 0 bridgehead atoms. The first-order valence-corrected chi connectivity index (χ1v) is 8.56. The standard InChI is InChI=1S/C17H16ClN5O2S/c1-3-19-17(26)23-14-5-4-11-16(22-14)21-12(8-20-11)9-6-10(18)15(24)13(7-9)25-2/h4-8,24H,3H2,1-2H3,(H2,19,21,22,23,26). The number of aromatic hydroxyl groups is 1. The van der Waals surface area contributed by atoms with E-state index in [2.05, 4.69) is 25.6 Å². The number of nitrogens with one attached hydrogen (secondary N) is 2. The number of pyridine rings is 1. The zero-order chi connectivity index (χ0) is 18.7. The maximum atomic E-state index is 9.87. The van der Waals surface area contributed by atoms with Gasteiger partial charge in [0.2, 0.25) is 0 Å². The minimum absolute atomic E-state index is 0.117. The molecule has 2 aromatic heterocycles. The van der Waals surface area contributed by atoms with Crippen LogP contribution in [0.5, 0.6) is 11.5 Å². The Morgan fingerprint density at radius 3 is 2.85 bits per heavy atom. The maximum Gasteiger partial charge on any atom is 0.180 e. The normalized spacial score (nSPS) is 10.6. The fourth-order valence-electron chi connectivity index (χ4n) is 2.30. The number of benzene rings is 1. The predicted molar refractivity (Wildman–Crippen MR) is 106 cm³/mol. The first kappa shape index (κ1) is 18.1. The summed E-state index contributed by atoms with van der Waals surface area (Å²) in [6.45, 7) is 2.67. The Morgan fingerprint density at radius 1 is 1.31 bits per heavy atom. The van der Waals surface area contributed by atoms with Gasteiger partial charge >= 0.3 is 0 Å². The van der Waals surface area contributed by atoms with E-state index < -0.39 is 0 Å². The molecule has 0 fully saturated rings. The Kier molecular flexibility index (Phi) is 5.34. The molecule has 2 heterocycles. The first-order valence-electron chi connectivity index (χ1n) is 7.77. The number of fused-ring (bicyclic) bond motifs is 1. The van der Waals surface area contributed by atoms with E-state index in [1.54, 1.807) is 30.5 Å². The maximum absolute atomic E-state index is 9.87. The molecule has 0 amide bonds. The van der Waals surface area contributed by atoms with Gasteiger partial charge in [-0.3, -0.25) is 4.98 Å². The number of hydrogen-bond acceptors (Lipinski definition) is 6. The number of halogens is 1. The van der Waals surface area contributed by atoms with Gasteiger partial charge in [0.25, 0.3) is 0 Å². The van der Waals surface area contributed by atoms with Crippen LogP contribution in [-0.4, -0.2) is 38.8 Å². The minimum Gasteiger partial charge on any atom is -0.503 e. The average molecular weight is 390 g/mol. The predicted octanol–water partition coefficient (Wildman–Crippen LogP) is 3.37. The molecule has 0 aliphatic rings. The van der Waals surface area contributed by atoms with Gasteiger partial charge in [0, 0.05) is 12.1 Å². The molecule has 7 nitrogen and oxygen atoms in total. The van der Waals surface area contributed by atoms with Crippen LogP contribution in [0, 0.1) is 0 Å². The number of aromatic nitrogens is 3. The molecule has 0 spiro atoms. The van der Waals surface area contributed by atoms with Crippen molar-refractivity contribution in [2.24, 2.45) is 0 Å². The third-order valence-electron chi connectivity index (χ3n) is 3.53. The molecular weight excluding hydrogens is 374 g/mol. The summed E-state index contributed by atoms with van der Waals surface area (Å²) in [5.41, 5.74) is 2.31. The second-order valence-corrected chi connectivity index (χ2v) is 6.10. The quantitative estimate of drug-likeness (QED) is 0.585. The summed E-state index contributed by atoms with van der Waals surface area (Å²) in [5.74, 6) is 0.707. The number of ether oxygens (including phenoxy) is 1. The fraction of sp³-hybridized carbons (Fsp3) is 0.176. The molecule has 0 unspecified atom stereocenters. The number of hydrogen-bond donors (Lipinski definition) is 3. The zero-order valence-corrected chi connectivity index (χ0v) is 15.6. The van der Waals surface area contributed by atoms with Crippen molar-refractivity contribution >= 4 is 45.9 Å². The first-order chi connectivity index (χ1) is 12.5. The van der Waals surface area contributed by atoms with E-state index in [-0.39, 0.29) is 16.5 Å². The van der Waals surface area contributed by atoms with Crippen molar-refractivity contribution in [3.63, 3.8) is 0 Å². The second kappa shape index (κ2) is 7.67. The Hall–Kier alpha value is -2.71. The van der Waals surface area contributed by atoms with Crippen LogP contribution in [0.1, 0.15) is 6.92 Å². The monoisotopic (exact) mass is 389 g/mol. The van der Waals surface area contributed by atoms with Crippen molar-refractivity contribution in [2.75, 3.05) is 19.0 Å².